The van der Waals surface area contributed by atoms with Gasteiger partial charge in [-0.3, -0.25) is 4.79 Å². The highest BCUT2D eigenvalue weighted by Crippen LogP contribution is 2.31. The molecule has 2 aromatic rings. The molecular weight excluding hydrogens is 329 g/mol. The Labute approximate surface area is 138 Å². The lowest BCUT2D eigenvalue weighted by Crippen LogP contribution is -2.26. The Morgan fingerprint density at radius 2 is 1.70 bits per heavy atom. The van der Waals surface area contributed by atoms with Crippen LogP contribution in [0.5, 0.6) is 0 Å². The molecule has 1 aromatic carbocycles. The molecule has 0 bridgehead atoms. The van der Waals surface area contributed by atoms with Gasteiger partial charge < -0.3 is 10.3 Å². The zero-order chi connectivity index (χ0) is 16.5. The van der Waals surface area contributed by atoms with Gasteiger partial charge in [-0.15, -0.1) is 12.4 Å². The van der Waals surface area contributed by atoms with Gasteiger partial charge in [-0.1, -0.05) is 12.1 Å². The summed E-state index contributed by atoms with van der Waals surface area (Å²) < 4.78 is 39.3. The lowest BCUT2D eigenvalue weighted by Gasteiger charge is -2.15. The molecule has 0 atom stereocenters. The Hall–Kier alpha value is -1.79. The number of benzene rings is 1. The first-order chi connectivity index (χ1) is 10.2. The number of aromatic nitrogens is 1. The molecule has 23 heavy (non-hydrogen) atoms. The van der Waals surface area contributed by atoms with Crippen LogP contribution in [0, 0.1) is 0 Å². The number of nitrogens with two attached hydrogens (primary N) is 1. The Balaban J connectivity index is 0.00000264. The molecule has 126 valence electrons. The second kappa shape index (κ2) is 7.19. The molecule has 0 unspecified atom stereocenters. The molecule has 7 heteroatoms. The second-order valence-electron chi connectivity index (χ2n) is 5.34. The zero-order valence-corrected chi connectivity index (χ0v) is 13.5. The maximum absolute atomic E-state index is 12.6. The van der Waals surface area contributed by atoms with E-state index in [1.54, 1.807) is 12.3 Å². The molecule has 3 nitrogen and oxygen atoms in total. The molecule has 2 N–H and O–H groups in total. The number of hydrogen-bond donors (Lipinski definition) is 1. The molecule has 0 aliphatic rings. The average Bonchev–Trinajstić information content (AvgIpc) is 2.46. The third kappa shape index (κ3) is 4.14. The first kappa shape index (κ1) is 19.3. The minimum absolute atomic E-state index is 0. The van der Waals surface area contributed by atoms with Crippen molar-refractivity contribution in [1.29, 1.82) is 0 Å². The van der Waals surface area contributed by atoms with Crippen LogP contribution >= 0.6 is 12.4 Å². The van der Waals surface area contributed by atoms with Crippen LogP contribution in [0.2, 0.25) is 0 Å². The summed E-state index contributed by atoms with van der Waals surface area (Å²) in [5.41, 5.74) is 6.42. The van der Waals surface area contributed by atoms with Gasteiger partial charge in [-0.25, -0.2) is 0 Å². The van der Waals surface area contributed by atoms with E-state index in [0.717, 1.165) is 12.1 Å². The van der Waals surface area contributed by atoms with E-state index in [1.807, 2.05) is 13.8 Å². The Morgan fingerprint density at radius 1 is 1.13 bits per heavy atom. The lowest BCUT2D eigenvalue weighted by molar-refractivity contribution is -0.137. The quantitative estimate of drug-likeness (QED) is 0.913. The van der Waals surface area contributed by atoms with E-state index in [2.05, 4.69) is 0 Å². The van der Waals surface area contributed by atoms with E-state index >= 15 is 0 Å². The van der Waals surface area contributed by atoms with Crippen molar-refractivity contribution in [3.05, 3.63) is 58.0 Å². The van der Waals surface area contributed by atoms with Gasteiger partial charge in [-0.2, -0.15) is 13.2 Å². The molecule has 0 aliphatic carbocycles. The summed E-state index contributed by atoms with van der Waals surface area (Å²) in [4.78, 5) is 12.1. The minimum atomic E-state index is -4.36. The molecule has 1 aromatic heterocycles. The lowest BCUT2D eigenvalue weighted by atomic mass is 10.0. The van der Waals surface area contributed by atoms with Gasteiger partial charge in [0.1, 0.15) is 0 Å². The maximum Gasteiger partial charge on any atom is 0.416 e. The number of nitrogens with zero attached hydrogens (tertiary/aromatic N) is 1. The van der Waals surface area contributed by atoms with Crippen LogP contribution in [0.25, 0.3) is 11.1 Å². The van der Waals surface area contributed by atoms with Crippen molar-refractivity contribution in [3.8, 4) is 11.1 Å². The van der Waals surface area contributed by atoms with E-state index in [0.29, 0.717) is 16.7 Å². The molecule has 0 saturated carbocycles. The Morgan fingerprint density at radius 3 is 2.13 bits per heavy atom. The normalized spacial score (nSPS) is 11.4. The molecule has 1 heterocycles. The average molecular weight is 347 g/mol. The van der Waals surface area contributed by atoms with Crippen molar-refractivity contribution in [1.82, 2.24) is 4.57 Å². The number of alkyl halides is 3. The minimum Gasteiger partial charge on any atom is -0.326 e. The van der Waals surface area contributed by atoms with Gasteiger partial charge in [0.2, 0.25) is 0 Å². The van der Waals surface area contributed by atoms with E-state index in [9.17, 15) is 18.0 Å². The monoisotopic (exact) mass is 346 g/mol. The third-order valence-corrected chi connectivity index (χ3v) is 3.44. The maximum atomic E-state index is 12.6. The molecule has 2 rings (SSSR count). The fourth-order valence-corrected chi connectivity index (χ4v) is 2.20. The topological polar surface area (TPSA) is 48.0 Å². The largest absolute Gasteiger partial charge is 0.416 e. The zero-order valence-electron chi connectivity index (χ0n) is 12.7. The van der Waals surface area contributed by atoms with Gasteiger partial charge >= 0.3 is 6.18 Å². The number of rotatable bonds is 3. The molecule has 0 spiro atoms. The van der Waals surface area contributed by atoms with E-state index in [-0.39, 0.29) is 30.6 Å². The van der Waals surface area contributed by atoms with Crippen molar-refractivity contribution in [2.24, 2.45) is 5.73 Å². The molecule has 0 aliphatic heterocycles. The molecule has 0 amide bonds. The second-order valence-corrected chi connectivity index (χ2v) is 5.34. The van der Waals surface area contributed by atoms with E-state index < -0.39 is 11.7 Å². The highest BCUT2D eigenvalue weighted by molar-refractivity contribution is 5.85. The first-order valence-corrected chi connectivity index (χ1v) is 6.86. The van der Waals surface area contributed by atoms with E-state index in [1.165, 1.54) is 16.7 Å². The van der Waals surface area contributed by atoms with Crippen molar-refractivity contribution >= 4 is 12.4 Å². The summed E-state index contributed by atoms with van der Waals surface area (Å²) in [6.07, 6.45) is -2.72. The number of hydrogen-bond acceptors (Lipinski definition) is 2. The van der Waals surface area contributed by atoms with Crippen LogP contribution < -0.4 is 11.3 Å². The smallest absolute Gasteiger partial charge is 0.326 e. The van der Waals surface area contributed by atoms with Gasteiger partial charge in [0.05, 0.1) is 5.56 Å². The van der Waals surface area contributed by atoms with Crippen LogP contribution in [0.15, 0.2) is 41.3 Å². The van der Waals surface area contributed by atoms with Crippen molar-refractivity contribution in [2.45, 2.75) is 32.6 Å². The summed E-state index contributed by atoms with van der Waals surface area (Å²) in [5, 5.41) is 0. The third-order valence-electron chi connectivity index (χ3n) is 3.44. The van der Waals surface area contributed by atoms with Crippen LogP contribution in [-0.2, 0) is 12.7 Å². The highest BCUT2D eigenvalue weighted by Gasteiger charge is 2.30. The fourth-order valence-electron chi connectivity index (χ4n) is 2.20. The number of pyridine rings is 1. The molecule has 0 saturated heterocycles. The standard InChI is InChI=1S/C16H17F3N2O.ClH/c1-10(2)21-9-13(7-12(8-20)15(21)22)11-3-5-14(6-4-11)16(17,18)19;/h3-7,9-10H,8,20H2,1-2H3;1H. The Bertz CT molecular complexity index is 722. The Kier molecular flexibility index (Phi) is 6.02. The van der Waals surface area contributed by atoms with Crippen LogP contribution in [-0.4, -0.2) is 4.57 Å². The van der Waals surface area contributed by atoms with Crippen molar-refractivity contribution in [3.63, 3.8) is 0 Å². The highest BCUT2D eigenvalue weighted by atomic mass is 35.5. The van der Waals surface area contributed by atoms with Gasteiger partial charge in [0, 0.05) is 24.3 Å². The SMILES string of the molecule is CC(C)n1cc(-c2ccc(C(F)(F)F)cc2)cc(CN)c1=O.Cl. The van der Waals surface area contributed by atoms with Crippen LogP contribution in [0.3, 0.4) is 0 Å². The molecule has 0 radical (unpaired) electrons. The predicted octanol–water partition coefficient (Wildman–Crippen LogP) is 4.00. The fraction of sp³-hybridized carbons (Fsp3) is 0.312. The van der Waals surface area contributed by atoms with Gasteiger partial charge in [-0.05, 0) is 43.2 Å². The predicted molar refractivity (Wildman–Crippen MR) is 86.7 cm³/mol. The van der Waals surface area contributed by atoms with E-state index in [4.69, 9.17) is 5.73 Å². The summed E-state index contributed by atoms with van der Waals surface area (Å²) in [7, 11) is 0. The number of halogens is 4. The van der Waals surface area contributed by atoms with Crippen LogP contribution in [0.4, 0.5) is 13.2 Å². The summed E-state index contributed by atoms with van der Waals surface area (Å²) in [5.74, 6) is 0. The summed E-state index contributed by atoms with van der Waals surface area (Å²) >= 11 is 0. The summed E-state index contributed by atoms with van der Waals surface area (Å²) in [6.45, 7) is 3.80. The van der Waals surface area contributed by atoms with Gasteiger partial charge in [0.15, 0.2) is 0 Å². The van der Waals surface area contributed by atoms with Gasteiger partial charge in [0.25, 0.3) is 5.56 Å². The molecule has 0 fully saturated rings. The van der Waals surface area contributed by atoms with Crippen molar-refractivity contribution < 1.29 is 13.2 Å². The molecular formula is C16H18ClF3N2O. The van der Waals surface area contributed by atoms with Crippen LogP contribution in [0.1, 0.15) is 31.0 Å². The first-order valence-electron chi connectivity index (χ1n) is 6.86. The summed E-state index contributed by atoms with van der Waals surface area (Å²) in [6, 6.07) is 6.42. The van der Waals surface area contributed by atoms with Crippen molar-refractivity contribution in [2.75, 3.05) is 0 Å².